The van der Waals surface area contributed by atoms with Crippen molar-refractivity contribution in [2.75, 3.05) is 19.8 Å². The molecule has 5 heteroatoms. The molecule has 0 aliphatic heterocycles. The van der Waals surface area contributed by atoms with Gasteiger partial charge in [-0.1, -0.05) is 0 Å². The van der Waals surface area contributed by atoms with E-state index in [0.29, 0.717) is 24.7 Å². The minimum Gasteiger partial charge on any atom is -0.494 e. The highest BCUT2D eigenvalue weighted by molar-refractivity contribution is 5.81. The minimum absolute atomic E-state index is 0.0591. The van der Waals surface area contributed by atoms with Crippen molar-refractivity contribution < 1.29 is 19.0 Å². The zero-order valence-corrected chi connectivity index (χ0v) is 11.8. The van der Waals surface area contributed by atoms with E-state index in [9.17, 15) is 4.79 Å². The van der Waals surface area contributed by atoms with Crippen LogP contribution in [0.25, 0.3) is 0 Å². The molecule has 20 heavy (non-hydrogen) atoms. The van der Waals surface area contributed by atoms with Crippen molar-refractivity contribution in [2.24, 2.45) is 0 Å². The van der Waals surface area contributed by atoms with Gasteiger partial charge in [0.25, 0.3) is 0 Å². The minimum atomic E-state index is -0.224. The van der Waals surface area contributed by atoms with E-state index in [1.54, 1.807) is 6.07 Å². The van der Waals surface area contributed by atoms with Gasteiger partial charge in [-0.05, 0) is 31.5 Å². The van der Waals surface area contributed by atoms with Crippen LogP contribution in [-0.2, 0) is 16.1 Å². The Hall–Kier alpha value is -2.06. The average Bonchev–Trinajstić information content (AvgIpc) is 2.39. The molecule has 0 saturated carbocycles. The monoisotopic (exact) mass is 277 g/mol. The highest BCUT2D eigenvalue weighted by Crippen LogP contribution is 2.23. The van der Waals surface area contributed by atoms with Gasteiger partial charge in [-0.2, -0.15) is 5.26 Å². The third kappa shape index (κ3) is 5.72. The molecule has 0 saturated heterocycles. The van der Waals surface area contributed by atoms with Gasteiger partial charge in [-0.25, -0.2) is 0 Å². The number of nitriles is 1. The Balaban J connectivity index is 2.63. The highest BCUT2D eigenvalue weighted by Gasteiger charge is 2.05. The summed E-state index contributed by atoms with van der Waals surface area (Å²) in [6.45, 7) is 5.16. The summed E-state index contributed by atoms with van der Waals surface area (Å²) in [5.74, 6) is 1.19. The molecule has 0 aliphatic rings. The van der Waals surface area contributed by atoms with Crippen LogP contribution in [-0.4, -0.2) is 25.6 Å². The van der Waals surface area contributed by atoms with Crippen molar-refractivity contribution in [3.8, 4) is 17.6 Å². The van der Waals surface area contributed by atoms with Crippen LogP contribution in [0.4, 0.5) is 0 Å². The molecule has 1 aromatic carbocycles. The quantitative estimate of drug-likeness (QED) is 0.693. The van der Waals surface area contributed by atoms with Crippen molar-refractivity contribution in [1.82, 2.24) is 0 Å². The molecule has 0 aromatic heterocycles. The number of carbonyl (C=O) groups is 1. The summed E-state index contributed by atoms with van der Waals surface area (Å²) in [5, 5.41) is 8.38. The predicted octanol–water partition coefficient (Wildman–Crippen LogP) is 2.48. The first-order valence-electron chi connectivity index (χ1n) is 6.55. The van der Waals surface area contributed by atoms with E-state index >= 15 is 0 Å². The van der Waals surface area contributed by atoms with Gasteiger partial charge in [0.15, 0.2) is 5.78 Å². The fourth-order valence-electron chi connectivity index (χ4n) is 1.64. The lowest BCUT2D eigenvalue weighted by Crippen LogP contribution is -2.07. The van der Waals surface area contributed by atoms with E-state index < -0.39 is 0 Å². The van der Waals surface area contributed by atoms with Crippen LogP contribution in [0.2, 0.25) is 0 Å². The van der Waals surface area contributed by atoms with Gasteiger partial charge in [0.2, 0.25) is 0 Å². The lowest BCUT2D eigenvalue weighted by atomic mass is 10.2. The Morgan fingerprint density at radius 3 is 2.25 bits per heavy atom. The first-order chi connectivity index (χ1) is 9.69. The summed E-state index contributed by atoms with van der Waals surface area (Å²) in [4.78, 5) is 11.2. The topological polar surface area (TPSA) is 68.5 Å². The van der Waals surface area contributed by atoms with E-state index in [2.05, 4.69) is 0 Å². The summed E-state index contributed by atoms with van der Waals surface area (Å²) in [7, 11) is 0. The predicted molar refractivity (Wildman–Crippen MR) is 73.7 cm³/mol. The van der Waals surface area contributed by atoms with Gasteiger partial charge in [0, 0.05) is 6.07 Å². The van der Waals surface area contributed by atoms with Crippen molar-refractivity contribution in [3.05, 3.63) is 23.8 Å². The van der Waals surface area contributed by atoms with Crippen molar-refractivity contribution in [3.63, 3.8) is 0 Å². The molecule has 0 heterocycles. The number of nitrogens with zero attached hydrogens (tertiary/aromatic N) is 1. The SMILES string of the molecule is CCOc1cc(COCC(=O)CC#N)cc(OCC)c1. The summed E-state index contributed by atoms with van der Waals surface area (Å²) in [6.07, 6.45) is -0.122. The molecular weight excluding hydrogens is 258 g/mol. The Kier molecular flexibility index (Phi) is 7.15. The molecule has 108 valence electrons. The molecule has 0 radical (unpaired) electrons. The highest BCUT2D eigenvalue weighted by atomic mass is 16.5. The fourth-order valence-corrected chi connectivity index (χ4v) is 1.64. The van der Waals surface area contributed by atoms with Crippen LogP contribution in [0.3, 0.4) is 0 Å². The molecule has 1 rings (SSSR count). The molecule has 0 bridgehead atoms. The zero-order valence-electron chi connectivity index (χ0n) is 11.8. The van der Waals surface area contributed by atoms with Crippen LogP contribution in [0.1, 0.15) is 25.8 Å². The van der Waals surface area contributed by atoms with Gasteiger partial charge < -0.3 is 14.2 Å². The molecule has 5 nitrogen and oxygen atoms in total. The number of ether oxygens (including phenoxy) is 3. The number of carbonyl (C=O) groups excluding carboxylic acids is 1. The van der Waals surface area contributed by atoms with E-state index in [1.807, 2.05) is 32.0 Å². The number of ketones is 1. The van der Waals surface area contributed by atoms with Crippen molar-refractivity contribution >= 4 is 5.78 Å². The fraction of sp³-hybridized carbons (Fsp3) is 0.467. The van der Waals surface area contributed by atoms with Gasteiger partial charge in [0.1, 0.15) is 18.1 Å². The van der Waals surface area contributed by atoms with Gasteiger partial charge >= 0.3 is 0 Å². The molecule has 0 fully saturated rings. The molecular formula is C15H19NO4. The standard InChI is InChI=1S/C15H19NO4/c1-3-19-14-7-12(8-15(9-14)20-4-2)10-18-11-13(17)5-6-16/h7-9H,3-5,10-11H2,1-2H3. The molecule has 0 amide bonds. The smallest absolute Gasteiger partial charge is 0.172 e. The molecule has 0 atom stereocenters. The maximum Gasteiger partial charge on any atom is 0.172 e. The lowest BCUT2D eigenvalue weighted by molar-refractivity contribution is -0.123. The number of hydrogen-bond donors (Lipinski definition) is 0. The maximum absolute atomic E-state index is 11.2. The first-order valence-corrected chi connectivity index (χ1v) is 6.55. The third-order valence-corrected chi connectivity index (χ3v) is 2.37. The molecule has 0 aliphatic carbocycles. The summed E-state index contributed by atoms with van der Waals surface area (Å²) in [6, 6.07) is 7.31. The van der Waals surface area contributed by atoms with Crippen LogP contribution < -0.4 is 9.47 Å². The van der Waals surface area contributed by atoms with Crippen LogP contribution in [0.15, 0.2) is 18.2 Å². The molecule has 0 N–H and O–H groups in total. The second-order valence-corrected chi connectivity index (χ2v) is 4.05. The van der Waals surface area contributed by atoms with E-state index in [4.69, 9.17) is 19.5 Å². The van der Waals surface area contributed by atoms with Crippen molar-refractivity contribution in [1.29, 1.82) is 5.26 Å². The molecule has 0 spiro atoms. The van der Waals surface area contributed by atoms with Gasteiger partial charge in [0.05, 0.1) is 32.3 Å². The van der Waals surface area contributed by atoms with Crippen molar-refractivity contribution in [2.45, 2.75) is 26.9 Å². The molecule has 0 unspecified atom stereocenters. The number of hydrogen-bond acceptors (Lipinski definition) is 5. The summed E-state index contributed by atoms with van der Waals surface area (Å²) < 4.78 is 16.2. The van der Waals surface area contributed by atoms with Crippen LogP contribution in [0, 0.1) is 11.3 Å². The Bertz CT molecular complexity index is 455. The molecule has 1 aromatic rings. The van der Waals surface area contributed by atoms with E-state index in [0.717, 1.165) is 5.56 Å². The normalized spacial score (nSPS) is 9.85. The van der Waals surface area contributed by atoms with Gasteiger partial charge in [-0.15, -0.1) is 0 Å². The largest absolute Gasteiger partial charge is 0.494 e. The number of Topliss-reactive ketones (excluding diaryl/α,β-unsaturated/α-hetero) is 1. The lowest BCUT2D eigenvalue weighted by Gasteiger charge is -2.11. The Labute approximate surface area is 119 Å². The Morgan fingerprint density at radius 2 is 1.75 bits per heavy atom. The maximum atomic E-state index is 11.2. The van der Waals surface area contributed by atoms with Crippen LogP contribution >= 0.6 is 0 Å². The summed E-state index contributed by atoms with van der Waals surface area (Å²) >= 11 is 0. The number of benzene rings is 1. The van der Waals surface area contributed by atoms with Gasteiger partial charge in [-0.3, -0.25) is 4.79 Å². The third-order valence-electron chi connectivity index (χ3n) is 2.37. The first kappa shape index (κ1) is 16.0. The van der Waals surface area contributed by atoms with E-state index in [-0.39, 0.29) is 25.4 Å². The zero-order chi connectivity index (χ0) is 14.8. The van der Waals surface area contributed by atoms with E-state index in [1.165, 1.54) is 0 Å². The second kappa shape index (κ2) is 8.94. The Morgan fingerprint density at radius 1 is 1.15 bits per heavy atom. The second-order valence-electron chi connectivity index (χ2n) is 4.05. The summed E-state index contributed by atoms with van der Waals surface area (Å²) in [5.41, 5.74) is 0.865. The average molecular weight is 277 g/mol. The number of rotatable bonds is 9. The van der Waals surface area contributed by atoms with Crippen LogP contribution in [0.5, 0.6) is 11.5 Å².